The van der Waals surface area contributed by atoms with E-state index in [0.717, 1.165) is 46.0 Å². The molecule has 1 aliphatic rings. The highest BCUT2D eigenvalue weighted by molar-refractivity contribution is 7.14. The fourth-order valence-electron chi connectivity index (χ4n) is 2.12. The van der Waals surface area contributed by atoms with E-state index in [-0.39, 0.29) is 0 Å². The number of nitrogens with one attached hydrogen (secondary N) is 1. The average molecular weight is 308 g/mol. The van der Waals surface area contributed by atoms with Gasteiger partial charge >= 0.3 is 0 Å². The summed E-state index contributed by atoms with van der Waals surface area (Å²) < 4.78 is 0. The molecule has 1 heterocycles. The molecule has 0 bridgehead atoms. The zero-order valence-electron chi connectivity index (χ0n) is 11.5. The van der Waals surface area contributed by atoms with E-state index in [9.17, 15) is 0 Å². The van der Waals surface area contributed by atoms with E-state index >= 15 is 0 Å². The normalized spacial score (nSPS) is 14.7. The van der Waals surface area contributed by atoms with E-state index in [2.05, 4.69) is 22.4 Å². The summed E-state index contributed by atoms with van der Waals surface area (Å²) in [4.78, 5) is 0. The molecule has 0 unspecified atom stereocenters. The summed E-state index contributed by atoms with van der Waals surface area (Å²) in [6.07, 6.45) is 4.81. The summed E-state index contributed by atoms with van der Waals surface area (Å²) in [7, 11) is 0. The molecule has 1 N–H and O–H groups in total. The highest BCUT2D eigenvalue weighted by Crippen LogP contribution is 2.29. The maximum absolute atomic E-state index is 6.06. The van der Waals surface area contributed by atoms with Gasteiger partial charge in [0, 0.05) is 23.0 Å². The van der Waals surface area contributed by atoms with Crippen molar-refractivity contribution in [3.8, 4) is 10.6 Å². The first-order valence-electron chi connectivity index (χ1n) is 7.04. The van der Waals surface area contributed by atoms with Gasteiger partial charge in [0.15, 0.2) is 0 Å². The lowest BCUT2D eigenvalue weighted by Crippen LogP contribution is -2.17. The van der Waals surface area contributed by atoms with Crippen LogP contribution in [-0.2, 0) is 6.42 Å². The minimum Gasteiger partial charge on any atom is -0.314 e. The molecular weight excluding hydrogens is 290 g/mol. The highest BCUT2D eigenvalue weighted by atomic mass is 35.5. The van der Waals surface area contributed by atoms with Gasteiger partial charge in [-0.2, -0.15) is 0 Å². The molecule has 1 aromatic carbocycles. The van der Waals surface area contributed by atoms with Crippen LogP contribution in [0.15, 0.2) is 18.2 Å². The molecule has 106 valence electrons. The second-order valence-electron chi connectivity index (χ2n) is 5.29. The molecule has 1 aromatic heterocycles. The van der Waals surface area contributed by atoms with Gasteiger partial charge in [0.25, 0.3) is 0 Å². The third-order valence-corrected chi connectivity index (χ3v) is 4.73. The third-order valence-electron chi connectivity index (χ3n) is 3.47. The Morgan fingerprint density at radius 3 is 3.00 bits per heavy atom. The molecule has 0 aliphatic heterocycles. The van der Waals surface area contributed by atoms with Crippen molar-refractivity contribution in [2.45, 2.75) is 38.6 Å². The first-order chi connectivity index (χ1) is 9.72. The van der Waals surface area contributed by atoms with E-state index < -0.39 is 0 Å². The van der Waals surface area contributed by atoms with Crippen LogP contribution in [-0.4, -0.2) is 22.8 Å². The number of aromatic nitrogens is 2. The molecule has 1 aliphatic carbocycles. The van der Waals surface area contributed by atoms with Crippen LogP contribution in [0.2, 0.25) is 5.02 Å². The number of halogens is 1. The summed E-state index contributed by atoms with van der Waals surface area (Å²) in [5.74, 6) is 0. The van der Waals surface area contributed by atoms with Gasteiger partial charge in [0.2, 0.25) is 0 Å². The van der Waals surface area contributed by atoms with Gasteiger partial charge in [-0.05, 0) is 50.4 Å². The molecule has 1 saturated carbocycles. The number of aryl methyl sites for hydroxylation is 2. The lowest BCUT2D eigenvalue weighted by molar-refractivity contribution is 0.643. The minimum absolute atomic E-state index is 0.746. The fourth-order valence-corrected chi connectivity index (χ4v) is 3.26. The number of rotatable bonds is 6. The molecule has 0 spiro atoms. The van der Waals surface area contributed by atoms with Crippen molar-refractivity contribution in [2.75, 3.05) is 6.54 Å². The number of hydrogen-bond donors (Lipinski definition) is 1. The molecule has 2 aromatic rings. The molecule has 1 fully saturated rings. The summed E-state index contributed by atoms with van der Waals surface area (Å²) in [5.41, 5.74) is 2.28. The van der Waals surface area contributed by atoms with E-state index in [0.29, 0.717) is 0 Å². The van der Waals surface area contributed by atoms with Gasteiger partial charge in [-0.25, -0.2) is 0 Å². The molecule has 0 atom stereocenters. The van der Waals surface area contributed by atoms with Crippen molar-refractivity contribution in [2.24, 2.45) is 0 Å². The van der Waals surface area contributed by atoms with Gasteiger partial charge in [-0.3, -0.25) is 0 Å². The number of benzene rings is 1. The molecule has 0 saturated heterocycles. The Labute approximate surface area is 128 Å². The van der Waals surface area contributed by atoms with Crippen LogP contribution in [0.4, 0.5) is 0 Å². The van der Waals surface area contributed by atoms with Crippen LogP contribution in [0.3, 0.4) is 0 Å². The molecule has 0 radical (unpaired) electrons. The Kier molecular flexibility index (Phi) is 4.34. The first kappa shape index (κ1) is 14.0. The SMILES string of the molecule is Cc1ccc(Cl)cc1-c1nnc(CCCNC2CC2)s1. The van der Waals surface area contributed by atoms with E-state index in [1.807, 2.05) is 18.2 Å². The fraction of sp³-hybridized carbons (Fsp3) is 0.467. The smallest absolute Gasteiger partial charge is 0.148 e. The van der Waals surface area contributed by atoms with Gasteiger partial charge in [0.05, 0.1) is 0 Å². The third kappa shape index (κ3) is 3.57. The van der Waals surface area contributed by atoms with Crippen molar-refractivity contribution < 1.29 is 0 Å². The Morgan fingerprint density at radius 2 is 2.20 bits per heavy atom. The quantitative estimate of drug-likeness (QED) is 0.824. The lowest BCUT2D eigenvalue weighted by Gasteiger charge is -2.01. The van der Waals surface area contributed by atoms with Crippen molar-refractivity contribution in [1.29, 1.82) is 0 Å². The van der Waals surface area contributed by atoms with Crippen LogP contribution in [0.1, 0.15) is 29.8 Å². The predicted octanol–water partition coefficient (Wildman–Crippen LogP) is 3.85. The molecular formula is C15H18ClN3S. The van der Waals surface area contributed by atoms with Crippen LogP contribution >= 0.6 is 22.9 Å². The van der Waals surface area contributed by atoms with Crippen LogP contribution in [0.25, 0.3) is 10.6 Å². The van der Waals surface area contributed by atoms with Gasteiger partial charge in [-0.15, -0.1) is 10.2 Å². The maximum atomic E-state index is 6.06. The molecule has 3 rings (SSSR count). The minimum atomic E-state index is 0.746. The molecule has 0 amide bonds. The number of hydrogen-bond acceptors (Lipinski definition) is 4. The van der Waals surface area contributed by atoms with Crippen molar-refractivity contribution in [3.63, 3.8) is 0 Å². The maximum Gasteiger partial charge on any atom is 0.148 e. The average Bonchev–Trinajstić information content (AvgIpc) is 3.15. The van der Waals surface area contributed by atoms with Crippen LogP contribution in [0.5, 0.6) is 0 Å². The van der Waals surface area contributed by atoms with Crippen LogP contribution < -0.4 is 5.32 Å². The molecule has 20 heavy (non-hydrogen) atoms. The van der Waals surface area contributed by atoms with Gasteiger partial charge in [0.1, 0.15) is 10.0 Å². The largest absolute Gasteiger partial charge is 0.314 e. The van der Waals surface area contributed by atoms with Crippen molar-refractivity contribution in [3.05, 3.63) is 33.8 Å². The Bertz CT molecular complexity index is 593. The van der Waals surface area contributed by atoms with E-state index in [1.54, 1.807) is 11.3 Å². The van der Waals surface area contributed by atoms with Crippen molar-refractivity contribution in [1.82, 2.24) is 15.5 Å². The summed E-state index contributed by atoms with van der Waals surface area (Å²) in [6.45, 7) is 3.15. The predicted molar refractivity (Wildman–Crippen MR) is 84.4 cm³/mol. The van der Waals surface area contributed by atoms with Gasteiger partial charge in [-0.1, -0.05) is 29.0 Å². The first-order valence-corrected chi connectivity index (χ1v) is 8.24. The monoisotopic (exact) mass is 307 g/mol. The standard InChI is InChI=1S/C15H18ClN3S/c1-10-4-5-11(16)9-13(10)15-19-18-14(20-15)3-2-8-17-12-6-7-12/h4-5,9,12,17H,2-3,6-8H2,1H3. The van der Waals surface area contributed by atoms with E-state index in [4.69, 9.17) is 11.6 Å². The Morgan fingerprint density at radius 1 is 1.35 bits per heavy atom. The Balaban J connectivity index is 1.61. The zero-order valence-corrected chi connectivity index (χ0v) is 13.1. The highest BCUT2D eigenvalue weighted by Gasteiger charge is 2.19. The second-order valence-corrected chi connectivity index (χ2v) is 6.79. The molecule has 5 heteroatoms. The van der Waals surface area contributed by atoms with E-state index in [1.165, 1.54) is 18.4 Å². The summed E-state index contributed by atoms with van der Waals surface area (Å²) in [6, 6.07) is 6.69. The van der Waals surface area contributed by atoms with Crippen molar-refractivity contribution >= 4 is 22.9 Å². The van der Waals surface area contributed by atoms with Gasteiger partial charge < -0.3 is 5.32 Å². The second kappa shape index (κ2) is 6.20. The summed E-state index contributed by atoms with van der Waals surface area (Å²) >= 11 is 7.73. The summed E-state index contributed by atoms with van der Waals surface area (Å²) in [5, 5.41) is 14.9. The number of nitrogens with zero attached hydrogens (tertiary/aromatic N) is 2. The lowest BCUT2D eigenvalue weighted by atomic mass is 10.1. The Hall–Kier alpha value is -0.970. The zero-order chi connectivity index (χ0) is 13.9. The topological polar surface area (TPSA) is 37.8 Å². The van der Waals surface area contributed by atoms with Crippen LogP contribution in [0, 0.1) is 6.92 Å². The molecule has 3 nitrogen and oxygen atoms in total.